The number of aryl methyl sites for hydroxylation is 1. The molecule has 0 atom stereocenters. The number of aromatic nitrogens is 2. The Labute approximate surface area is 222 Å². The number of alkyl halides is 3. The molecule has 1 amide bonds. The Morgan fingerprint density at radius 1 is 1.03 bits per heavy atom. The van der Waals surface area contributed by atoms with Crippen molar-refractivity contribution in [1.29, 1.82) is 0 Å². The summed E-state index contributed by atoms with van der Waals surface area (Å²) in [6, 6.07) is 16.0. The summed E-state index contributed by atoms with van der Waals surface area (Å²) < 4.78 is 73.4. The van der Waals surface area contributed by atoms with Crippen molar-refractivity contribution in [3.8, 4) is 22.9 Å². The fourth-order valence-corrected chi connectivity index (χ4v) is 4.53. The minimum atomic E-state index is -4.86. The Morgan fingerprint density at radius 3 is 2.38 bits per heavy atom. The number of hydrogen-bond donors (Lipinski definition) is 1. The molecule has 1 heterocycles. The Hall–Kier alpha value is -4.32. The number of hydrogen-bond acceptors (Lipinski definition) is 6. The minimum absolute atomic E-state index is 0.0143. The van der Waals surface area contributed by atoms with Gasteiger partial charge in [0.1, 0.15) is 17.2 Å². The molecule has 0 unspecified atom stereocenters. The lowest BCUT2D eigenvalue weighted by Gasteiger charge is -2.15. The fourth-order valence-electron chi connectivity index (χ4n) is 3.64. The molecule has 8 nitrogen and oxygen atoms in total. The molecule has 1 N–H and O–H groups in total. The van der Waals surface area contributed by atoms with Crippen LogP contribution >= 0.6 is 0 Å². The van der Waals surface area contributed by atoms with E-state index < -0.39 is 21.9 Å². The van der Waals surface area contributed by atoms with Crippen LogP contribution in [0.5, 0.6) is 17.2 Å². The normalized spacial score (nSPS) is 11.7. The molecular formula is C27H24F3N3O5S. The van der Waals surface area contributed by atoms with Crippen molar-refractivity contribution in [1.82, 2.24) is 9.78 Å². The third-order valence-electron chi connectivity index (χ3n) is 5.50. The highest BCUT2D eigenvalue weighted by Gasteiger charge is 2.31. The lowest BCUT2D eigenvalue weighted by molar-refractivity contribution is -0.274. The molecule has 0 spiro atoms. The fraction of sp³-hybridized carbons (Fsp3) is 0.185. The molecule has 0 aliphatic rings. The van der Waals surface area contributed by atoms with Crippen LogP contribution in [0.1, 0.15) is 18.1 Å². The summed E-state index contributed by atoms with van der Waals surface area (Å²) in [5.41, 5.74) is 2.34. The van der Waals surface area contributed by atoms with E-state index in [4.69, 9.17) is 4.74 Å². The number of sulfone groups is 1. The largest absolute Gasteiger partial charge is 0.573 e. The van der Waals surface area contributed by atoms with Gasteiger partial charge >= 0.3 is 6.36 Å². The molecule has 0 fully saturated rings. The Balaban J connectivity index is 1.56. The van der Waals surface area contributed by atoms with Gasteiger partial charge in [0, 0.05) is 24.0 Å². The molecule has 204 valence electrons. The van der Waals surface area contributed by atoms with Crippen molar-refractivity contribution in [2.24, 2.45) is 0 Å². The van der Waals surface area contributed by atoms with Gasteiger partial charge in [0.05, 0.1) is 23.3 Å². The number of carbonyl (C=O) groups excluding carboxylic acids is 1. The third kappa shape index (κ3) is 7.38. The van der Waals surface area contributed by atoms with Gasteiger partial charge in [-0.3, -0.25) is 4.79 Å². The molecule has 4 aromatic rings. The maximum atomic E-state index is 12.7. The first-order valence-corrected chi connectivity index (χ1v) is 13.4. The molecule has 0 bridgehead atoms. The summed E-state index contributed by atoms with van der Waals surface area (Å²) in [5, 5.41) is 7.02. The SMILES string of the molecule is CCS(=O)(=O)c1ccc(CC(=O)Nc2ccc(-n3cc(C)cn3)c(Oc3cccc(OC(F)(F)F)c3)c2)cc1. The number of nitrogens with one attached hydrogen (secondary N) is 1. The summed E-state index contributed by atoms with van der Waals surface area (Å²) in [7, 11) is -3.35. The van der Waals surface area contributed by atoms with E-state index in [2.05, 4.69) is 15.2 Å². The smallest absolute Gasteiger partial charge is 0.455 e. The van der Waals surface area contributed by atoms with Crippen LogP contribution in [0.15, 0.2) is 84.0 Å². The van der Waals surface area contributed by atoms with Crippen molar-refractivity contribution in [3.63, 3.8) is 0 Å². The number of ether oxygens (including phenoxy) is 2. The van der Waals surface area contributed by atoms with Gasteiger partial charge in [-0.2, -0.15) is 5.10 Å². The van der Waals surface area contributed by atoms with Crippen LogP contribution in [-0.4, -0.2) is 36.2 Å². The van der Waals surface area contributed by atoms with E-state index >= 15 is 0 Å². The van der Waals surface area contributed by atoms with Gasteiger partial charge in [0.25, 0.3) is 0 Å². The highest BCUT2D eigenvalue weighted by Crippen LogP contribution is 2.34. The van der Waals surface area contributed by atoms with Crippen LogP contribution in [0.3, 0.4) is 0 Å². The monoisotopic (exact) mass is 559 g/mol. The van der Waals surface area contributed by atoms with Crippen molar-refractivity contribution < 1.29 is 35.9 Å². The van der Waals surface area contributed by atoms with Crippen LogP contribution in [0.25, 0.3) is 5.69 Å². The van der Waals surface area contributed by atoms with E-state index in [1.807, 2.05) is 6.92 Å². The van der Waals surface area contributed by atoms with Gasteiger partial charge in [0.2, 0.25) is 5.91 Å². The molecule has 3 aromatic carbocycles. The van der Waals surface area contributed by atoms with Crippen LogP contribution in [0, 0.1) is 6.92 Å². The first kappa shape index (κ1) is 27.7. The van der Waals surface area contributed by atoms with Crippen molar-refractivity contribution >= 4 is 21.4 Å². The molecule has 0 aliphatic carbocycles. The van der Waals surface area contributed by atoms with E-state index in [1.165, 1.54) is 35.0 Å². The van der Waals surface area contributed by atoms with Gasteiger partial charge in [0.15, 0.2) is 15.6 Å². The van der Waals surface area contributed by atoms with Crippen molar-refractivity contribution in [2.45, 2.75) is 31.5 Å². The summed E-state index contributed by atoms with van der Waals surface area (Å²) >= 11 is 0. The summed E-state index contributed by atoms with van der Waals surface area (Å²) in [5.74, 6) is -0.541. The van der Waals surface area contributed by atoms with Gasteiger partial charge in [-0.1, -0.05) is 25.1 Å². The Bertz CT molecular complexity index is 1580. The van der Waals surface area contributed by atoms with Gasteiger partial charge in [-0.25, -0.2) is 13.1 Å². The predicted molar refractivity (Wildman–Crippen MR) is 138 cm³/mol. The Kier molecular flexibility index (Phi) is 7.95. The maximum absolute atomic E-state index is 12.7. The summed E-state index contributed by atoms with van der Waals surface area (Å²) in [6.07, 6.45) is -1.50. The quantitative estimate of drug-likeness (QED) is 0.276. The van der Waals surface area contributed by atoms with Crippen molar-refractivity contribution in [3.05, 3.63) is 90.3 Å². The number of anilines is 1. The first-order chi connectivity index (χ1) is 18.4. The number of rotatable bonds is 9. The van der Waals surface area contributed by atoms with Crippen molar-refractivity contribution in [2.75, 3.05) is 11.1 Å². The van der Waals surface area contributed by atoms with Crippen LogP contribution < -0.4 is 14.8 Å². The number of nitrogens with zero attached hydrogens (tertiary/aromatic N) is 2. The molecule has 39 heavy (non-hydrogen) atoms. The summed E-state index contributed by atoms with van der Waals surface area (Å²) in [6.45, 7) is 3.40. The molecular weight excluding hydrogens is 535 g/mol. The highest BCUT2D eigenvalue weighted by atomic mass is 32.2. The third-order valence-corrected chi connectivity index (χ3v) is 7.25. The molecule has 0 saturated heterocycles. The van der Waals surface area contributed by atoms with E-state index in [-0.39, 0.29) is 34.5 Å². The summed E-state index contributed by atoms with van der Waals surface area (Å²) in [4.78, 5) is 12.9. The van der Waals surface area contributed by atoms with E-state index in [9.17, 15) is 26.4 Å². The topological polar surface area (TPSA) is 99.5 Å². The molecule has 4 rings (SSSR count). The first-order valence-electron chi connectivity index (χ1n) is 11.7. The molecule has 0 aliphatic heterocycles. The average Bonchev–Trinajstić information content (AvgIpc) is 3.29. The van der Waals surface area contributed by atoms with Crippen LogP contribution in [-0.2, 0) is 21.1 Å². The number of carbonyl (C=O) groups is 1. The molecule has 12 heteroatoms. The lowest BCUT2D eigenvalue weighted by Crippen LogP contribution is -2.17. The number of benzene rings is 3. The number of halogens is 3. The predicted octanol–water partition coefficient (Wildman–Crippen LogP) is 5.85. The van der Waals surface area contributed by atoms with Gasteiger partial charge < -0.3 is 14.8 Å². The minimum Gasteiger partial charge on any atom is -0.455 e. The van der Waals surface area contributed by atoms with E-state index in [0.29, 0.717) is 16.9 Å². The zero-order valence-electron chi connectivity index (χ0n) is 20.9. The van der Waals surface area contributed by atoms with Crippen LogP contribution in [0.2, 0.25) is 0 Å². The van der Waals surface area contributed by atoms with E-state index in [1.54, 1.807) is 43.6 Å². The zero-order valence-corrected chi connectivity index (χ0v) is 21.7. The van der Waals surface area contributed by atoms with Gasteiger partial charge in [-0.05, 0) is 54.4 Å². The standard InChI is InChI=1S/C27H24F3N3O5S/c1-3-39(35,36)23-10-7-19(8-11-23)13-26(34)32-20-9-12-24(33-17-18(2)16-31-33)25(14-20)37-21-5-4-6-22(15-21)38-27(28,29)30/h4-12,14-17H,3,13H2,1-2H3,(H,32,34). The molecule has 0 saturated carbocycles. The average molecular weight is 560 g/mol. The molecule has 1 aromatic heterocycles. The number of amides is 1. The maximum Gasteiger partial charge on any atom is 0.573 e. The molecule has 0 radical (unpaired) electrons. The van der Waals surface area contributed by atoms with Gasteiger partial charge in [-0.15, -0.1) is 13.2 Å². The second kappa shape index (κ2) is 11.2. The zero-order chi connectivity index (χ0) is 28.2. The van der Waals surface area contributed by atoms with E-state index in [0.717, 1.165) is 17.7 Å². The van der Waals surface area contributed by atoms with Crippen LogP contribution in [0.4, 0.5) is 18.9 Å². The Morgan fingerprint density at radius 2 is 1.74 bits per heavy atom. The highest BCUT2D eigenvalue weighted by molar-refractivity contribution is 7.91. The lowest BCUT2D eigenvalue weighted by atomic mass is 10.1. The second-order valence-electron chi connectivity index (χ2n) is 8.54. The second-order valence-corrected chi connectivity index (χ2v) is 10.8.